The SMILES string of the molecule is Cn1cc(CNCC2(C3CC3)CC2)nn1. The zero-order valence-corrected chi connectivity index (χ0v) is 9.24. The number of hydrogen-bond donors (Lipinski definition) is 1. The fourth-order valence-electron chi connectivity index (χ4n) is 2.50. The molecule has 0 unspecified atom stereocenters. The Morgan fingerprint density at radius 1 is 1.53 bits per heavy atom. The van der Waals surface area contributed by atoms with E-state index < -0.39 is 0 Å². The van der Waals surface area contributed by atoms with Gasteiger partial charge in [0.1, 0.15) is 0 Å². The molecule has 82 valence electrons. The molecule has 1 aromatic heterocycles. The fraction of sp³-hybridized carbons (Fsp3) is 0.818. The van der Waals surface area contributed by atoms with Crippen LogP contribution in [0.1, 0.15) is 31.4 Å². The molecule has 0 saturated heterocycles. The molecule has 0 amide bonds. The van der Waals surface area contributed by atoms with Gasteiger partial charge in [0.25, 0.3) is 0 Å². The third kappa shape index (κ3) is 1.91. The number of nitrogens with zero attached hydrogens (tertiary/aromatic N) is 3. The Hall–Kier alpha value is -0.900. The zero-order valence-electron chi connectivity index (χ0n) is 9.24. The second-order valence-electron chi connectivity index (χ2n) is 5.12. The lowest BCUT2D eigenvalue weighted by molar-refractivity contribution is 0.402. The van der Waals surface area contributed by atoms with Crippen LogP contribution in [0.15, 0.2) is 6.20 Å². The molecule has 2 aliphatic rings. The van der Waals surface area contributed by atoms with E-state index in [2.05, 4.69) is 15.6 Å². The third-order valence-electron chi connectivity index (χ3n) is 3.77. The maximum Gasteiger partial charge on any atom is 0.0964 e. The van der Waals surface area contributed by atoms with Crippen LogP contribution in [0.3, 0.4) is 0 Å². The molecule has 0 bridgehead atoms. The van der Waals surface area contributed by atoms with Gasteiger partial charge in [0, 0.05) is 26.3 Å². The van der Waals surface area contributed by atoms with Gasteiger partial charge in [0.05, 0.1) is 5.69 Å². The van der Waals surface area contributed by atoms with Crippen LogP contribution in [0, 0.1) is 11.3 Å². The molecule has 3 rings (SSSR count). The highest BCUT2D eigenvalue weighted by atomic mass is 15.4. The molecule has 0 spiro atoms. The van der Waals surface area contributed by atoms with E-state index in [1.807, 2.05) is 13.2 Å². The van der Waals surface area contributed by atoms with Gasteiger partial charge in [-0.05, 0) is 37.0 Å². The van der Waals surface area contributed by atoms with Crippen molar-refractivity contribution in [3.05, 3.63) is 11.9 Å². The van der Waals surface area contributed by atoms with E-state index in [0.717, 1.165) is 18.2 Å². The number of aromatic nitrogens is 3. The van der Waals surface area contributed by atoms with Crippen LogP contribution >= 0.6 is 0 Å². The number of aryl methyl sites for hydroxylation is 1. The minimum atomic E-state index is 0.683. The average molecular weight is 206 g/mol. The molecule has 0 aromatic carbocycles. The van der Waals surface area contributed by atoms with Crippen molar-refractivity contribution in [2.75, 3.05) is 6.54 Å². The van der Waals surface area contributed by atoms with Crippen LogP contribution in [-0.2, 0) is 13.6 Å². The summed E-state index contributed by atoms with van der Waals surface area (Å²) in [5.41, 5.74) is 1.73. The van der Waals surface area contributed by atoms with Crippen LogP contribution in [0.5, 0.6) is 0 Å². The quantitative estimate of drug-likeness (QED) is 0.784. The van der Waals surface area contributed by atoms with Gasteiger partial charge < -0.3 is 5.32 Å². The van der Waals surface area contributed by atoms with Crippen LogP contribution in [0.25, 0.3) is 0 Å². The van der Waals surface area contributed by atoms with Crippen molar-refractivity contribution >= 4 is 0 Å². The second kappa shape index (κ2) is 3.30. The summed E-state index contributed by atoms with van der Waals surface area (Å²) in [5.74, 6) is 1.03. The van der Waals surface area contributed by atoms with Crippen molar-refractivity contribution in [3.8, 4) is 0 Å². The number of hydrogen-bond acceptors (Lipinski definition) is 3. The summed E-state index contributed by atoms with van der Waals surface area (Å²) < 4.78 is 1.75. The van der Waals surface area contributed by atoms with E-state index in [1.54, 1.807) is 4.68 Å². The Morgan fingerprint density at radius 2 is 2.33 bits per heavy atom. The molecule has 15 heavy (non-hydrogen) atoms. The lowest BCUT2D eigenvalue weighted by atomic mass is 10.0. The van der Waals surface area contributed by atoms with Crippen LogP contribution in [0.4, 0.5) is 0 Å². The minimum absolute atomic E-state index is 0.683. The molecule has 0 aliphatic heterocycles. The Morgan fingerprint density at radius 3 is 2.87 bits per heavy atom. The molecule has 4 heteroatoms. The molecule has 1 heterocycles. The topological polar surface area (TPSA) is 42.7 Å². The van der Waals surface area contributed by atoms with Gasteiger partial charge in [-0.15, -0.1) is 5.10 Å². The molecular formula is C11H18N4. The maximum atomic E-state index is 4.07. The number of nitrogens with one attached hydrogen (secondary N) is 1. The van der Waals surface area contributed by atoms with Crippen molar-refractivity contribution in [2.24, 2.45) is 18.4 Å². The van der Waals surface area contributed by atoms with Gasteiger partial charge in [-0.25, -0.2) is 0 Å². The Kier molecular flexibility index (Phi) is 2.06. The standard InChI is InChI=1S/C11H18N4/c1-15-7-10(13-14-15)6-12-8-11(4-5-11)9-2-3-9/h7,9,12H,2-6,8H2,1H3. The molecule has 2 aliphatic carbocycles. The summed E-state index contributed by atoms with van der Waals surface area (Å²) in [5, 5.41) is 11.5. The first kappa shape index (κ1) is 9.33. The molecule has 2 saturated carbocycles. The Bertz CT molecular complexity index is 349. The highest BCUT2D eigenvalue weighted by Crippen LogP contribution is 2.60. The molecule has 1 N–H and O–H groups in total. The lowest BCUT2D eigenvalue weighted by Crippen LogP contribution is -2.25. The maximum absolute atomic E-state index is 4.07. The second-order valence-corrected chi connectivity index (χ2v) is 5.12. The van der Waals surface area contributed by atoms with Crippen molar-refractivity contribution in [2.45, 2.75) is 32.2 Å². The van der Waals surface area contributed by atoms with Crippen molar-refractivity contribution in [1.82, 2.24) is 20.3 Å². The summed E-state index contributed by atoms with van der Waals surface area (Å²) in [4.78, 5) is 0. The van der Waals surface area contributed by atoms with Crippen LogP contribution < -0.4 is 5.32 Å². The molecule has 2 fully saturated rings. The Labute approximate surface area is 90.0 Å². The van der Waals surface area contributed by atoms with E-state index in [0.29, 0.717) is 5.41 Å². The molecule has 0 atom stereocenters. The first-order chi connectivity index (χ1) is 7.28. The van der Waals surface area contributed by atoms with Gasteiger partial charge in [0.2, 0.25) is 0 Å². The summed E-state index contributed by atoms with van der Waals surface area (Å²) in [6.45, 7) is 2.04. The van der Waals surface area contributed by atoms with Gasteiger partial charge in [-0.1, -0.05) is 5.21 Å². The molecular weight excluding hydrogens is 188 g/mol. The van der Waals surface area contributed by atoms with Gasteiger partial charge in [0.15, 0.2) is 0 Å². The average Bonchev–Trinajstić information content (AvgIpc) is 3.08. The van der Waals surface area contributed by atoms with E-state index in [4.69, 9.17) is 0 Å². The van der Waals surface area contributed by atoms with Gasteiger partial charge in [-0.3, -0.25) is 4.68 Å². The van der Waals surface area contributed by atoms with E-state index >= 15 is 0 Å². The first-order valence-electron chi connectivity index (χ1n) is 5.84. The van der Waals surface area contributed by atoms with E-state index in [1.165, 1.54) is 32.2 Å². The van der Waals surface area contributed by atoms with Gasteiger partial charge in [-0.2, -0.15) is 0 Å². The molecule has 1 aromatic rings. The highest BCUT2D eigenvalue weighted by molar-refractivity contribution is 5.05. The lowest BCUT2D eigenvalue weighted by Gasteiger charge is -2.13. The predicted octanol–water partition coefficient (Wildman–Crippen LogP) is 1.09. The van der Waals surface area contributed by atoms with E-state index in [9.17, 15) is 0 Å². The highest BCUT2D eigenvalue weighted by Gasteiger charge is 2.53. The monoisotopic (exact) mass is 206 g/mol. The third-order valence-corrected chi connectivity index (χ3v) is 3.77. The fourth-order valence-corrected chi connectivity index (χ4v) is 2.50. The zero-order chi connectivity index (χ0) is 10.3. The normalized spacial score (nSPS) is 23.0. The van der Waals surface area contributed by atoms with Crippen LogP contribution in [0.2, 0.25) is 0 Å². The summed E-state index contributed by atoms with van der Waals surface area (Å²) >= 11 is 0. The summed E-state index contributed by atoms with van der Waals surface area (Å²) in [6.07, 6.45) is 7.78. The summed E-state index contributed by atoms with van der Waals surface area (Å²) in [7, 11) is 1.91. The van der Waals surface area contributed by atoms with Crippen molar-refractivity contribution in [1.29, 1.82) is 0 Å². The summed E-state index contributed by atoms with van der Waals surface area (Å²) in [6, 6.07) is 0. The molecule has 0 radical (unpaired) electrons. The van der Waals surface area contributed by atoms with Crippen molar-refractivity contribution < 1.29 is 0 Å². The molecule has 4 nitrogen and oxygen atoms in total. The van der Waals surface area contributed by atoms with Crippen LogP contribution in [-0.4, -0.2) is 21.5 Å². The largest absolute Gasteiger partial charge is 0.310 e. The van der Waals surface area contributed by atoms with Crippen molar-refractivity contribution in [3.63, 3.8) is 0 Å². The van der Waals surface area contributed by atoms with Gasteiger partial charge >= 0.3 is 0 Å². The minimum Gasteiger partial charge on any atom is -0.310 e. The Balaban J connectivity index is 1.47. The predicted molar refractivity (Wildman–Crippen MR) is 57.1 cm³/mol. The van der Waals surface area contributed by atoms with E-state index in [-0.39, 0.29) is 0 Å². The smallest absolute Gasteiger partial charge is 0.0964 e. The first-order valence-corrected chi connectivity index (χ1v) is 5.84. The number of rotatable bonds is 5.